The first-order chi connectivity index (χ1) is 8.75. The molecule has 1 aliphatic carbocycles. The van der Waals surface area contributed by atoms with E-state index in [0.29, 0.717) is 22.5 Å². The summed E-state index contributed by atoms with van der Waals surface area (Å²) in [6.07, 6.45) is 3.33. The minimum absolute atomic E-state index is 0.108. The summed E-state index contributed by atoms with van der Waals surface area (Å²) in [5, 5.41) is 1.88. The quantitative estimate of drug-likeness (QED) is 0.906. The summed E-state index contributed by atoms with van der Waals surface area (Å²) >= 11 is 1.44. The number of nitrogens with two attached hydrogens (primary N) is 1. The molecule has 5 heteroatoms. The fourth-order valence-corrected chi connectivity index (χ4v) is 3.19. The molecule has 4 nitrogen and oxygen atoms in total. The standard InChI is InChI=1S/C13H18N2O2S/c14-11-4-6-18-12(11)13(16)15(10-1-2-10)7-9-3-5-17-8-9/h4,6,9-10H,1-3,5,7-8,14H2. The van der Waals surface area contributed by atoms with Crippen LogP contribution in [0.15, 0.2) is 11.4 Å². The van der Waals surface area contributed by atoms with Crippen molar-refractivity contribution in [3.8, 4) is 0 Å². The number of nitrogen functional groups attached to an aromatic ring is 1. The van der Waals surface area contributed by atoms with E-state index in [2.05, 4.69) is 0 Å². The third kappa shape index (κ3) is 2.37. The molecule has 1 aliphatic heterocycles. The van der Waals surface area contributed by atoms with Crippen LogP contribution >= 0.6 is 11.3 Å². The van der Waals surface area contributed by atoms with Gasteiger partial charge in [-0.3, -0.25) is 4.79 Å². The van der Waals surface area contributed by atoms with Crippen LogP contribution in [-0.2, 0) is 4.74 Å². The van der Waals surface area contributed by atoms with E-state index in [1.807, 2.05) is 16.3 Å². The van der Waals surface area contributed by atoms with Gasteiger partial charge in [-0.05, 0) is 30.7 Å². The van der Waals surface area contributed by atoms with Crippen molar-refractivity contribution in [2.75, 3.05) is 25.5 Å². The van der Waals surface area contributed by atoms with Gasteiger partial charge in [-0.2, -0.15) is 0 Å². The van der Waals surface area contributed by atoms with E-state index >= 15 is 0 Å². The molecular weight excluding hydrogens is 248 g/mol. The molecule has 18 heavy (non-hydrogen) atoms. The largest absolute Gasteiger partial charge is 0.397 e. The molecule has 1 saturated carbocycles. The van der Waals surface area contributed by atoms with Crippen LogP contribution < -0.4 is 5.73 Å². The van der Waals surface area contributed by atoms with Crippen molar-refractivity contribution in [1.29, 1.82) is 0 Å². The third-order valence-electron chi connectivity index (χ3n) is 3.62. The second-order valence-corrected chi connectivity index (χ2v) is 6.04. The summed E-state index contributed by atoms with van der Waals surface area (Å²) in [5.41, 5.74) is 6.46. The minimum atomic E-state index is 0.108. The minimum Gasteiger partial charge on any atom is -0.397 e. The first kappa shape index (κ1) is 12.0. The molecule has 3 rings (SSSR count). The Hall–Kier alpha value is -1.07. The van der Waals surface area contributed by atoms with E-state index in [1.54, 1.807) is 0 Å². The zero-order valence-electron chi connectivity index (χ0n) is 10.3. The van der Waals surface area contributed by atoms with Gasteiger partial charge >= 0.3 is 0 Å². The molecule has 2 N–H and O–H groups in total. The Labute approximate surface area is 111 Å². The van der Waals surface area contributed by atoms with Gasteiger partial charge in [0, 0.05) is 25.1 Å². The van der Waals surface area contributed by atoms with Crippen molar-refractivity contribution in [3.63, 3.8) is 0 Å². The van der Waals surface area contributed by atoms with Gasteiger partial charge in [0.25, 0.3) is 5.91 Å². The highest BCUT2D eigenvalue weighted by molar-refractivity contribution is 7.12. The predicted molar refractivity (Wildman–Crippen MR) is 71.7 cm³/mol. The van der Waals surface area contributed by atoms with Crippen LogP contribution in [0.5, 0.6) is 0 Å². The number of anilines is 1. The van der Waals surface area contributed by atoms with Crippen LogP contribution in [0.4, 0.5) is 5.69 Å². The molecule has 1 aromatic heterocycles. The van der Waals surface area contributed by atoms with Gasteiger partial charge in [0.2, 0.25) is 0 Å². The predicted octanol–water partition coefficient (Wildman–Crippen LogP) is 1.97. The first-order valence-corrected chi connectivity index (χ1v) is 7.35. The number of hydrogen-bond donors (Lipinski definition) is 1. The van der Waals surface area contributed by atoms with Gasteiger partial charge in [-0.25, -0.2) is 0 Å². The summed E-state index contributed by atoms with van der Waals surface area (Å²) in [4.78, 5) is 15.2. The lowest BCUT2D eigenvalue weighted by Gasteiger charge is -2.24. The van der Waals surface area contributed by atoms with Crippen LogP contribution in [0.1, 0.15) is 28.9 Å². The Morgan fingerprint density at radius 2 is 2.33 bits per heavy atom. The number of hydrogen-bond acceptors (Lipinski definition) is 4. The summed E-state index contributed by atoms with van der Waals surface area (Å²) in [7, 11) is 0. The number of thiophene rings is 1. The van der Waals surface area contributed by atoms with Crippen LogP contribution in [0.25, 0.3) is 0 Å². The summed E-state index contributed by atoms with van der Waals surface area (Å²) in [6, 6.07) is 2.24. The van der Waals surface area contributed by atoms with E-state index in [0.717, 1.165) is 39.0 Å². The highest BCUT2D eigenvalue weighted by Gasteiger charge is 2.36. The Kier molecular flexibility index (Phi) is 3.26. The molecule has 98 valence electrons. The van der Waals surface area contributed by atoms with Gasteiger partial charge < -0.3 is 15.4 Å². The smallest absolute Gasteiger partial charge is 0.266 e. The van der Waals surface area contributed by atoms with E-state index in [-0.39, 0.29) is 5.91 Å². The van der Waals surface area contributed by atoms with Crippen LogP contribution in [0.2, 0.25) is 0 Å². The Morgan fingerprint density at radius 3 is 2.89 bits per heavy atom. The van der Waals surface area contributed by atoms with Gasteiger partial charge in [0.05, 0.1) is 12.3 Å². The van der Waals surface area contributed by atoms with Crippen molar-refractivity contribution in [2.24, 2.45) is 5.92 Å². The molecule has 1 saturated heterocycles. The van der Waals surface area contributed by atoms with E-state index in [4.69, 9.17) is 10.5 Å². The zero-order chi connectivity index (χ0) is 12.5. The zero-order valence-corrected chi connectivity index (χ0v) is 11.1. The molecule has 0 spiro atoms. The first-order valence-electron chi connectivity index (χ1n) is 6.47. The van der Waals surface area contributed by atoms with E-state index in [1.165, 1.54) is 11.3 Å². The summed E-state index contributed by atoms with van der Waals surface area (Å²) in [5.74, 6) is 0.604. The molecule has 0 bridgehead atoms. The van der Waals surface area contributed by atoms with Crippen LogP contribution in [-0.4, -0.2) is 36.6 Å². The Morgan fingerprint density at radius 1 is 1.50 bits per heavy atom. The van der Waals surface area contributed by atoms with E-state index < -0.39 is 0 Å². The molecule has 1 unspecified atom stereocenters. The van der Waals surface area contributed by atoms with E-state index in [9.17, 15) is 4.79 Å². The Bertz CT molecular complexity index is 436. The monoisotopic (exact) mass is 266 g/mol. The summed E-state index contributed by atoms with van der Waals surface area (Å²) < 4.78 is 5.39. The Balaban J connectivity index is 1.73. The lowest BCUT2D eigenvalue weighted by molar-refractivity contribution is 0.0712. The normalized spacial score (nSPS) is 23.2. The molecule has 2 fully saturated rings. The second-order valence-electron chi connectivity index (χ2n) is 5.12. The number of nitrogens with zero attached hydrogens (tertiary/aromatic N) is 1. The molecular formula is C13H18N2O2S. The van der Waals surface area contributed by atoms with Gasteiger partial charge in [-0.15, -0.1) is 11.3 Å². The van der Waals surface area contributed by atoms with Crippen LogP contribution in [0.3, 0.4) is 0 Å². The maximum atomic E-state index is 12.5. The van der Waals surface area contributed by atoms with Crippen molar-refractivity contribution in [1.82, 2.24) is 4.90 Å². The van der Waals surface area contributed by atoms with Crippen molar-refractivity contribution in [2.45, 2.75) is 25.3 Å². The van der Waals surface area contributed by atoms with Gasteiger partial charge in [0.15, 0.2) is 0 Å². The second kappa shape index (κ2) is 4.90. The SMILES string of the molecule is Nc1ccsc1C(=O)N(CC1CCOC1)C1CC1. The van der Waals surface area contributed by atoms with Crippen LogP contribution in [0, 0.1) is 5.92 Å². The molecule has 0 radical (unpaired) electrons. The number of carbonyl (C=O) groups excluding carboxylic acids is 1. The number of ether oxygens (including phenoxy) is 1. The average Bonchev–Trinajstić information content (AvgIpc) is 2.89. The molecule has 2 aliphatic rings. The van der Waals surface area contributed by atoms with Crippen molar-refractivity contribution in [3.05, 3.63) is 16.3 Å². The highest BCUT2D eigenvalue weighted by Crippen LogP contribution is 2.32. The molecule has 0 aromatic carbocycles. The third-order valence-corrected chi connectivity index (χ3v) is 4.54. The van der Waals surface area contributed by atoms with Crippen molar-refractivity contribution < 1.29 is 9.53 Å². The topological polar surface area (TPSA) is 55.6 Å². The summed E-state index contributed by atoms with van der Waals surface area (Å²) in [6.45, 7) is 2.44. The lowest BCUT2D eigenvalue weighted by Crippen LogP contribution is -2.37. The molecule has 2 heterocycles. The fourth-order valence-electron chi connectivity index (χ4n) is 2.41. The number of carbonyl (C=O) groups is 1. The average molecular weight is 266 g/mol. The molecule has 1 aromatic rings. The number of amides is 1. The van der Waals surface area contributed by atoms with Gasteiger partial charge in [-0.1, -0.05) is 0 Å². The number of rotatable bonds is 4. The fraction of sp³-hybridized carbons (Fsp3) is 0.615. The van der Waals surface area contributed by atoms with Gasteiger partial charge in [0.1, 0.15) is 4.88 Å². The van der Waals surface area contributed by atoms with Crippen molar-refractivity contribution >= 4 is 22.9 Å². The maximum absolute atomic E-state index is 12.5. The maximum Gasteiger partial charge on any atom is 0.266 e. The lowest BCUT2D eigenvalue weighted by atomic mass is 10.1. The highest BCUT2D eigenvalue weighted by atomic mass is 32.1. The molecule has 1 amide bonds. The molecule has 1 atom stereocenters.